The van der Waals surface area contributed by atoms with Crippen molar-refractivity contribution in [2.45, 2.75) is 13.3 Å². The standard InChI is InChI=1S/C20H14N2O5S/c1-2-15(23)13-6-10(3-4-16(13)24)14-9-21-8-11-5-12(27-18(11)14)7-17-19(25)22-20(26)28-17/h3-9,24H,2H2,1H3,(H,22,25,26). The molecule has 28 heavy (non-hydrogen) atoms. The first-order chi connectivity index (χ1) is 13.5. The molecule has 2 aromatic heterocycles. The van der Waals surface area contributed by atoms with E-state index in [1.807, 2.05) is 0 Å². The number of phenols is 1. The van der Waals surface area contributed by atoms with Gasteiger partial charge >= 0.3 is 0 Å². The van der Waals surface area contributed by atoms with Crippen LogP contribution in [0.15, 0.2) is 46.0 Å². The Morgan fingerprint density at radius 3 is 2.82 bits per heavy atom. The number of amides is 2. The smallest absolute Gasteiger partial charge is 0.290 e. The van der Waals surface area contributed by atoms with E-state index >= 15 is 0 Å². The van der Waals surface area contributed by atoms with Crippen LogP contribution in [-0.2, 0) is 4.79 Å². The van der Waals surface area contributed by atoms with Crippen LogP contribution in [0.4, 0.5) is 4.79 Å². The maximum absolute atomic E-state index is 12.1. The fourth-order valence-corrected chi connectivity index (χ4v) is 3.59. The molecule has 2 N–H and O–H groups in total. The lowest BCUT2D eigenvalue weighted by Gasteiger charge is -2.07. The van der Waals surface area contributed by atoms with Gasteiger partial charge in [0.1, 0.15) is 17.1 Å². The predicted molar refractivity (Wildman–Crippen MR) is 105 cm³/mol. The molecule has 3 aromatic rings. The molecule has 4 rings (SSSR count). The normalized spacial score (nSPS) is 15.4. The number of nitrogens with zero attached hydrogens (tertiary/aromatic N) is 1. The third-order valence-electron chi connectivity index (χ3n) is 4.29. The van der Waals surface area contributed by atoms with Crippen molar-refractivity contribution in [3.8, 4) is 16.9 Å². The topological polar surface area (TPSA) is 110 Å². The van der Waals surface area contributed by atoms with Crippen molar-refractivity contribution in [2.24, 2.45) is 0 Å². The molecule has 7 nitrogen and oxygen atoms in total. The SMILES string of the molecule is CCC(=O)c1cc(-c2cncc3cc(C=C4SC(=O)NC4=O)oc23)ccc1O. The van der Waals surface area contributed by atoms with Crippen molar-refractivity contribution in [1.82, 2.24) is 10.3 Å². The third-order valence-corrected chi connectivity index (χ3v) is 5.10. The van der Waals surface area contributed by atoms with Crippen molar-refractivity contribution < 1.29 is 23.9 Å². The fraction of sp³-hybridized carbons (Fsp3) is 0.100. The number of phenolic OH excluding ortho intramolecular Hbond substituents is 1. The van der Waals surface area contributed by atoms with E-state index in [0.29, 0.717) is 27.9 Å². The Hall–Kier alpha value is -3.39. The first-order valence-electron chi connectivity index (χ1n) is 8.45. The van der Waals surface area contributed by atoms with E-state index in [-0.39, 0.29) is 28.4 Å². The van der Waals surface area contributed by atoms with Crippen molar-refractivity contribution in [3.05, 3.63) is 52.9 Å². The highest BCUT2D eigenvalue weighted by molar-refractivity contribution is 8.18. The van der Waals surface area contributed by atoms with E-state index in [2.05, 4.69) is 10.3 Å². The maximum atomic E-state index is 12.1. The highest BCUT2D eigenvalue weighted by Gasteiger charge is 2.25. The van der Waals surface area contributed by atoms with Crippen LogP contribution in [0.5, 0.6) is 5.75 Å². The van der Waals surface area contributed by atoms with Gasteiger partial charge in [0.15, 0.2) is 5.78 Å². The molecule has 0 aliphatic carbocycles. The molecule has 0 radical (unpaired) electrons. The van der Waals surface area contributed by atoms with Crippen LogP contribution in [0.2, 0.25) is 0 Å². The molecule has 1 fully saturated rings. The van der Waals surface area contributed by atoms with E-state index in [1.165, 1.54) is 12.1 Å². The van der Waals surface area contributed by atoms with Crippen LogP contribution >= 0.6 is 11.8 Å². The number of carbonyl (C=O) groups excluding carboxylic acids is 3. The van der Waals surface area contributed by atoms with Crippen LogP contribution in [0.25, 0.3) is 28.2 Å². The highest BCUT2D eigenvalue weighted by atomic mass is 32.2. The van der Waals surface area contributed by atoms with Crippen molar-refractivity contribution in [3.63, 3.8) is 0 Å². The Labute approximate surface area is 163 Å². The molecule has 2 amide bonds. The van der Waals surface area contributed by atoms with Gasteiger partial charge in [0.05, 0.1) is 10.5 Å². The predicted octanol–water partition coefficient (Wildman–Crippen LogP) is 4.12. The number of carbonyl (C=O) groups is 3. The molecule has 0 saturated carbocycles. The zero-order valence-corrected chi connectivity index (χ0v) is 15.5. The van der Waals surface area contributed by atoms with Crippen LogP contribution in [0, 0.1) is 0 Å². The molecule has 0 unspecified atom stereocenters. The van der Waals surface area contributed by atoms with Gasteiger partial charge in [-0.2, -0.15) is 0 Å². The van der Waals surface area contributed by atoms with Gasteiger partial charge < -0.3 is 9.52 Å². The average molecular weight is 394 g/mol. The monoisotopic (exact) mass is 394 g/mol. The summed E-state index contributed by atoms with van der Waals surface area (Å²) in [6, 6.07) is 6.47. The van der Waals surface area contributed by atoms with E-state index in [1.54, 1.807) is 37.5 Å². The second-order valence-electron chi connectivity index (χ2n) is 6.12. The van der Waals surface area contributed by atoms with Gasteiger partial charge in [-0.15, -0.1) is 0 Å². The summed E-state index contributed by atoms with van der Waals surface area (Å²) >= 11 is 0.809. The summed E-state index contributed by atoms with van der Waals surface area (Å²) in [5.41, 5.74) is 2.08. The average Bonchev–Trinajstić information content (AvgIpc) is 3.23. The van der Waals surface area contributed by atoms with E-state index in [0.717, 1.165) is 11.8 Å². The van der Waals surface area contributed by atoms with Crippen molar-refractivity contribution >= 4 is 45.7 Å². The van der Waals surface area contributed by atoms with Crippen LogP contribution in [0.1, 0.15) is 29.5 Å². The van der Waals surface area contributed by atoms with Crippen LogP contribution in [-0.4, -0.2) is 27.0 Å². The largest absolute Gasteiger partial charge is 0.507 e. The van der Waals surface area contributed by atoms with Crippen LogP contribution < -0.4 is 5.32 Å². The summed E-state index contributed by atoms with van der Waals surface area (Å²) in [6.45, 7) is 1.73. The molecule has 0 bridgehead atoms. The summed E-state index contributed by atoms with van der Waals surface area (Å²) in [5, 5.41) is 12.4. The molecule has 0 spiro atoms. The highest BCUT2D eigenvalue weighted by Crippen LogP contribution is 2.34. The number of thioether (sulfide) groups is 1. The molecule has 1 saturated heterocycles. The van der Waals surface area contributed by atoms with Crippen LogP contribution in [0.3, 0.4) is 0 Å². The van der Waals surface area contributed by atoms with E-state index in [9.17, 15) is 19.5 Å². The fourth-order valence-electron chi connectivity index (χ4n) is 2.93. The minimum absolute atomic E-state index is 0.0745. The lowest BCUT2D eigenvalue weighted by Crippen LogP contribution is -2.17. The van der Waals surface area contributed by atoms with Gasteiger partial charge in [0, 0.05) is 35.8 Å². The molecule has 8 heteroatoms. The molecule has 140 valence electrons. The first-order valence-corrected chi connectivity index (χ1v) is 9.27. The summed E-state index contributed by atoms with van der Waals surface area (Å²) in [5.74, 6) is -0.303. The number of fused-ring (bicyclic) bond motifs is 1. The van der Waals surface area contributed by atoms with Crippen molar-refractivity contribution in [1.29, 1.82) is 0 Å². The molecular formula is C20H14N2O5S. The van der Waals surface area contributed by atoms with Gasteiger partial charge in [-0.1, -0.05) is 13.0 Å². The Bertz CT molecular complexity index is 1180. The molecule has 1 aromatic carbocycles. The number of hydrogen-bond acceptors (Lipinski definition) is 7. The summed E-state index contributed by atoms with van der Waals surface area (Å²) < 4.78 is 5.89. The van der Waals surface area contributed by atoms with E-state index in [4.69, 9.17) is 4.42 Å². The van der Waals surface area contributed by atoms with Gasteiger partial charge in [-0.3, -0.25) is 24.7 Å². The summed E-state index contributed by atoms with van der Waals surface area (Å²) in [7, 11) is 0. The Morgan fingerprint density at radius 2 is 2.11 bits per heavy atom. The number of nitrogens with one attached hydrogen (secondary N) is 1. The minimum Gasteiger partial charge on any atom is -0.507 e. The number of furan rings is 1. The summed E-state index contributed by atoms with van der Waals surface area (Å²) in [4.78, 5) is 39.6. The number of pyridine rings is 1. The quantitative estimate of drug-likeness (QED) is 0.506. The second-order valence-corrected chi connectivity index (χ2v) is 7.13. The number of benzene rings is 1. The number of Topliss-reactive ketones (excluding diaryl/α,β-unsaturated/α-hetero) is 1. The first kappa shape index (κ1) is 18.0. The van der Waals surface area contributed by atoms with E-state index < -0.39 is 11.1 Å². The minimum atomic E-state index is -0.463. The molecule has 3 heterocycles. The Balaban J connectivity index is 1.80. The number of rotatable bonds is 4. The number of ketones is 1. The Morgan fingerprint density at radius 1 is 1.29 bits per heavy atom. The van der Waals surface area contributed by atoms with Gasteiger partial charge in [-0.25, -0.2) is 0 Å². The van der Waals surface area contributed by atoms with Gasteiger partial charge in [0.25, 0.3) is 11.1 Å². The van der Waals surface area contributed by atoms with Gasteiger partial charge in [0.2, 0.25) is 0 Å². The lowest BCUT2D eigenvalue weighted by atomic mass is 10.00. The molecule has 0 atom stereocenters. The molecular weight excluding hydrogens is 380 g/mol. The molecule has 1 aliphatic rings. The number of imide groups is 1. The number of aromatic hydroxyl groups is 1. The zero-order valence-electron chi connectivity index (χ0n) is 14.7. The lowest BCUT2D eigenvalue weighted by molar-refractivity contribution is -0.115. The Kier molecular flexibility index (Phi) is 4.48. The van der Waals surface area contributed by atoms with Gasteiger partial charge in [-0.05, 0) is 35.5 Å². The number of hydrogen-bond donors (Lipinski definition) is 2. The third kappa shape index (κ3) is 3.18. The zero-order chi connectivity index (χ0) is 19.8. The number of aromatic nitrogens is 1. The second kappa shape index (κ2) is 6.97. The van der Waals surface area contributed by atoms with Crippen molar-refractivity contribution in [2.75, 3.05) is 0 Å². The molecule has 1 aliphatic heterocycles. The summed E-state index contributed by atoms with van der Waals surface area (Å²) in [6.07, 6.45) is 5.00. The maximum Gasteiger partial charge on any atom is 0.290 e.